The Morgan fingerprint density at radius 3 is 2.67 bits per heavy atom. The number of hydrogen-bond acceptors (Lipinski definition) is 6. The van der Waals surface area contributed by atoms with E-state index in [0.717, 1.165) is 48.3 Å². The minimum absolute atomic E-state index is 0.0552. The largest absolute Gasteiger partial charge is 0.352 e. The molecular formula is C25H32N2O4S2. The molecule has 0 bridgehead atoms. The van der Waals surface area contributed by atoms with E-state index in [0.29, 0.717) is 25.1 Å². The summed E-state index contributed by atoms with van der Waals surface area (Å²) in [7, 11) is 0. The van der Waals surface area contributed by atoms with Crippen molar-refractivity contribution in [1.29, 1.82) is 0 Å². The predicted octanol–water partition coefficient (Wildman–Crippen LogP) is 5.24. The van der Waals surface area contributed by atoms with Gasteiger partial charge in [0.25, 0.3) is 5.91 Å². The number of thioether (sulfide) groups is 1. The SMILES string of the molecule is CCNC(=O)c1ccc(-c2ccc([C@@]3(CC(=O)NOC4CCCCO4)CCCCS3)s2)cc1. The molecule has 3 heterocycles. The van der Waals surface area contributed by atoms with E-state index in [2.05, 4.69) is 22.9 Å². The Labute approximate surface area is 203 Å². The molecule has 2 amide bonds. The van der Waals surface area contributed by atoms with Gasteiger partial charge in [-0.2, -0.15) is 0 Å². The van der Waals surface area contributed by atoms with Crippen molar-refractivity contribution in [1.82, 2.24) is 10.8 Å². The number of carbonyl (C=O) groups is 2. The molecular weight excluding hydrogens is 456 g/mol. The van der Waals surface area contributed by atoms with Crippen molar-refractivity contribution in [2.45, 2.75) is 62.9 Å². The summed E-state index contributed by atoms with van der Waals surface area (Å²) < 4.78 is 5.32. The molecule has 0 aliphatic carbocycles. The number of rotatable bonds is 8. The predicted molar refractivity (Wildman–Crippen MR) is 133 cm³/mol. The minimum atomic E-state index is -0.339. The van der Waals surface area contributed by atoms with Crippen LogP contribution < -0.4 is 10.8 Å². The van der Waals surface area contributed by atoms with Crippen molar-refractivity contribution in [3.05, 3.63) is 46.8 Å². The van der Waals surface area contributed by atoms with Crippen molar-refractivity contribution < 1.29 is 19.2 Å². The fourth-order valence-corrected chi connectivity index (χ4v) is 7.19. The maximum Gasteiger partial charge on any atom is 0.251 e. The lowest BCUT2D eigenvalue weighted by Gasteiger charge is -2.35. The van der Waals surface area contributed by atoms with Crippen LogP contribution in [0.5, 0.6) is 0 Å². The van der Waals surface area contributed by atoms with Gasteiger partial charge < -0.3 is 10.1 Å². The summed E-state index contributed by atoms with van der Waals surface area (Å²) in [6, 6.07) is 12.0. The van der Waals surface area contributed by atoms with Crippen molar-refractivity contribution >= 4 is 34.9 Å². The molecule has 1 aromatic heterocycles. The zero-order valence-corrected chi connectivity index (χ0v) is 20.7. The van der Waals surface area contributed by atoms with E-state index in [-0.39, 0.29) is 22.9 Å². The van der Waals surface area contributed by atoms with Gasteiger partial charge in [0.1, 0.15) is 0 Å². The van der Waals surface area contributed by atoms with Gasteiger partial charge in [-0.1, -0.05) is 18.6 Å². The lowest BCUT2D eigenvalue weighted by molar-refractivity contribution is -0.200. The van der Waals surface area contributed by atoms with Crippen LogP contribution in [0.4, 0.5) is 0 Å². The molecule has 2 aromatic rings. The van der Waals surface area contributed by atoms with Crippen LogP contribution in [0.2, 0.25) is 0 Å². The molecule has 0 radical (unpaired) electrons. The Bertz CT molecular complexity index is 932. The monoisotopic (exact) mass is 488 g/mol. The summed E-state index contributed by atoms with van der Waals surface area (Å²) in [5.41, 5.74) is 4.39. The molecule has 2 aliphatic rings. The molecule has 2 N–H and O–H groups in total. The molecule has 0 saturated carbocycles. The molecule has 2 saturated heterocycles. The fraction of sp³-hybridized carbons (Fsp3) is 0.520. The zero-order valence-electron chi connectivity index (χ0n) is 19.1. The highest BCUT2D eigenvalue weighted by atomic mass is 32.2. The minimum Gasteiger partial charge on any atom is -0.352 e. The first-order valence-electron chi connectivity index (χ1n) is 11.8. The van der Waals surface area contributed by atoms with Crippen molar-refractivity contribution in [2.75, 3.05) is 18.9 Å². The van der Waals surface area contributed by atoms with Gasteiger partial charge in [-0.15, -0.1) is 23.1 Å². The summed E-state index contributed by atoms with van der Waals surface area (Å²) in [6.07, 6.45) is 6.23. The third-order valence-electron chi connectivity index (χ3n) is 6.07. The maximum atomic E-state index is 12.8. The summed E-state index contributed by atoms with van der Waals surface area (Å²) in [5.74, 6) is 0.897. The van der Waals surface area contributed by atoms with E-state index in [1.54, 1.807) is 11.3 Å². The maximum absolute atomic E-state index is 12.8. The molecule has 8 heteroatoms. The van der Waals surface area contributed by atoms with Crippen LogP contribution in [0, 0.1) is 0 Å². The van der Waals surface area contributed by atoms with E-state index >= 15 is 0 Å². The first-order chi connectivity index (χ1) is 16.1. The van der Waals surface area contributed by atoms with Crippen LogP contribution in [0.15, 0.2) is 36.4 Å². The first-order valence-corrected chi connectivity index (χ1v) is 13.6. The van der Waals surface area contributed by atoms with Crippen molar-refractivity contribution in [2.24, 2.45) is 0 Å². The molecule has 0 spiro atoms. The third kappa shape index (κ3) is 6.18. The second-order valence-corrected chi connectivity index (χ2v) is 11.1. The van der Waals surface area contributed by atoms with E-state index in [1.807, 2.05) is 43.0 Å². The Morgan fingerprint density at radius 1 is 1.12 bits per heavy atom. The van der Waals surface area contributed by atoms with E-state index < -0.39 is 0 Å². The summed E-state index contributed by atoms with van der Waals surface area (Å²) in [6.45, 7) is 3.21. The lowest BCUT2D eigenvalue weighted by Crippen LogP contribution is -2.37. The normalized spacial score (nSPS) is 23.1. The number of amides is 2. The highest BCUT2D eigenvalue weighted by molar-refractivity contribution is 8.00. The van der Waals surface area contributed by atoms with Crippen LogP contribution in [-0.4, -0.2) is 37.0 Å². The Balaban J connectivity index is 1.45. The Kier molecular flexibility index (Phi) is 8.46. The fourth-order valence-electron chi connectivity index (χ4n) is 4.29. The number of hydrogen-bond donors (Lipinski definition) is 2. The molecule has 33 heavy (non-hydrogen) atoms. The Hall–Kier alpha value is -1.87. The summed E-state index contributed by atoms with van der Waals surface area (Å²) in [5, 5.41) is 2.83. The standard InChI is InChI=1S/C25H32N2O4S2/c1-2-26-24(29)19-10-8-18(9-11-19)20-12-13-21(33-20)25(14-4-6-16-32-25)17-22(28)27-31-23-7-3-5-15-30-23/h8-13,23H,2-7,14-17H2,1H3,(H,26,29)(H,27,28)/t23?,25-/m0/s1. The average Bonchev–Trinajstić information content (AvgIpc) is 3.36. The van der Waals surface area contributed by atoms with Crippen molar-refractivity contribution in [3.63, 3.8) is 0 Å². The number of nitrogens with one attached hydrogen (secondary N) is 2. The van der Waals surface area contributed by atoms with E-state index in [4.69, 9.17) is 9.57 Å². The number of carbonyl (C=O) groups excluding carboxylic acids is 2. The van der Waals surface area contributed by atoms with Crippen LogP contribution in [0.3, 0.4) is 0 Å². The second-order valence-electron chi connectivity index (χ2n) is 8.52. The molecule has 4 rings (SSSR count). The smallest absolute Gasteiger partial charge is 0.251 e. The first kappa shape index (κ1) is 24.3. The third-order valence-corrected chi connectivity index (χ3v) is 9.15. The quantitative estimate of drug-likeness (QED) is 0.497. The van der Waals surface area contributed by atoms with E-state index in [9.17, 15) is 9.59 Å². The zero-order chi connectivity index (χ0) is 23.1. The van der Waals surface area contributed by atoms with Gasteiger partial charge in [-0.05, 0) is 68.2 Å². The highest BCUT2D eigenvalue weighted by Gasteiger charge is 2.38. The van der Waals surface area contributed by atoms with Gasteiger partial charge in [-0.3, -0.25) is 9.59 Å². The molecule has 178 valence electrons. The molecule has 2 atom stereocenters. The van der Waals surface area contributed by atoms with Gasteiger partial charge >= 0.3 is 0 Å². The van der Waals surface area contributed by atoms with Gasteiger partial charge in [0.15, 0.2) is 6.29 Å². The summed E-state index contributed by atoms with van der Waals surface area (Å²) in [4.78, 5) is 32.8. The molecule has 2 aliphatic heterocycles. The van der Waals surface area contributed by atoms with Crippen LogP contribution in [-0.2, 0) is 19.1 Å². The van der Waals surface area contributed by atoms with Crippen LogP contribution >= 0.6 is 23.1 Å². The number of hydroxylamine groups is 1. The molecule has 6 nitrogen and oxygen atoms in total. The molecule has 2 fully saturated rings. The molecule has 1 unspecified atom stereocenters. The van der Waals surface area contributed by atoms with Crippen LogP contribution in [0.25, 0.3) is 10.4 Å². The highest BCUT2D eigenvalue weighted by Crippen LogP contribution is 2.50. The second kappa shape index (κ2) is 11.5. The number of benzene rings is 1. The van der Waals surface area contributed by atoms with E-state index in [1.165, 1.54) is 11.3 Å². The lowest BCUT2D eigenvalue weighted by atomic mass is 9.94. The number of ether oxygens (including phenoxy) is 1. The van der Waals surface area contributed by atoms with Gasteiger partial charge in [0.05, 0.1) is 4.75 Å². The van der Waals surface area contributed by atoms with Gasteiger partial charge in [-0.25, -0.2) is 10.3 Å². The number of thiophene rings is 1. The van der Waals surface area contributed by atoms with Gasteiger partial charge in [0, 0.05) is 41.3 Å². The van der Waals surface area contributed by atoms with Gasteiger partial charge in [0.2, 0.25) is 5.91 Å². The molecule has 1 aromatic carbocycles. The average molecular weight is 489 g/mol. The topological polar surface area (TPSA) is 76.7 Å². The summed E-state index contributed by atoms with van der Waals surface area (Å²) >= 11 is 3.62. The Morgan fingerprint density at radius 2 is 1.97 bits per heavy atom. The van der Waals surface area contributed by atoms with Crippen LogP contribution in [0.1, 0.15) is 67.1 Å². The van der Waals surface area contributed by atoms with Crippen molar-refractivity contribution in [3.8, 4) is 10.4 Å².